The SMILES string of the molecule is Cc1ccc(Nc2cc(-c3ccc(C)cc3F)nc3cc[nH]c(=O)c23)nc1. The molecule has 27 heavy (non-hydrogen) atoms. The molecule has 0 amide bonds. The van der Waals surface area contributed by atoms with E-state index in [2.05, 4.69) is 20.3 Å². The summed E-state index contributed by atoms with van der Waals surface area (Å²) in [6.45, 7) is 3.78. The van der Waals surface area contributed by atoms with Gasteiger partial charge in [-0.1, -0.05) is 12.1 Å². The van der Waals surface area contributed by atoms with Crippen LogP contribution in [0.2, 0.25) is 0 Å². The summed E-state index contributed by atoms with van der Waals surface area (Å²) in [5.74, 6) is 0.234. The molecule has 2 N–H and O–H groups in total. The van der Waals surface area contributed by atoms with E-state index in [1.807, 2.05) is 32.0 Å². The van der Waals surface area contributed by atoms with E-state index in [-0.39, 0.29) is 11.4 Å². The largest absolute Gasteiger partial charge is 0.339 e. The van der Waals surface area contributed by atoms with E-state index < -0.39 is 0 Å². The Hall–Kier alpha value is -3.54. The molecule has 3 aromatic heterocycles. The molecule has 0 aliphatic heterocycles. The second-order valence-corrected chi connectivity index (χ2v) is 6.45. The van der Waals surface area contributed by atoms with Crippen LogP contribution in [0.4, 0.5) is 15.9 Å². The smallest absolute Gasteiger partial charge is 0.259 e. The Kier molecular flexibility index (Phi) is 4.16. The molecular formula is C21H17FN4O. The van der Waals surface area contributed by atoms with E-state index >= 15 is 0 Å². The summed E-state index contributed by atoms with van der Waals surface area (Å²) in [7, 11) is 0. The lowest BCUT2D eigenvalue weighted by Gasteiger charge is -2.12. The van der Waals surface area contributed by atoms with E-state index in [1.54, 1.807) is 24.4 Å². The first-order valence-electron chi connectivity index (χ1n) is 8.50. The number of rotatable bonds is 3. The summed E-state index contributed by atoms with van der Waals surface area (Å²) < 4.78 is 14.5. The topological polar surface area (TPSA) is 70.7 Å². The number of aryl methyl sites for hydroxylation is 2. The van der Waals surface area contributed by atoms with E-state index in [0.717, 1.165) is 11.1 Å². The van der Waals surface area contributed by atoms with Crippen LogP contribution in [0.1, 0.15) is 11.1 Å². The molecular weight excluding hydrogens is 343 g/mol. The Morgan fingerprint density at radius 3 is 2.59 bits per heavy atom. The maximum Gasteiger partial charge on any atom is 0.259 e. The van der Waals surface area contributed by atoms with Crippen molar-refractivity contribution in [2.45, 2.75) is 13.8 Å². The third-order valence-corrected chi connectivity index (χ3v) is 4.30. The lowest BCUT2D eigenvalue weighted by atomic mass is 10.1. The van der Waals surface area contributed by atoms with Crippen LogP contribution in [0.25, 0.3) is 22.2 Å². The van der Waals surface area contributed by atoms with Gasteiger partial charge in [0.2, 0.25) is 0 Å². The Bertz CT molecular complexity index is 1200. The predicted octanol–water partition coefficient (Wildman–Crippen LogP) is 4.48. The molecule has 0 aliphatic carbocycles. The van der Waals surface area contributed by atoms with E-state index in [4.69, 9.17) is 0 Å². The second-order valence-electron chi connectivity index (χ2n) is 6.45. The molecule has 0 saturated carbocycles. The van der Waals surface area contributed by atoms with Gasteiger partial charge in [0.1, 0.15) is 11.6 Å². The van der Waals surface area contributed by atoms with Crippen molar-refractivity contribution >= 4 is 22.4 Å². The van der Waals surface area contributed by atoms with Crippen molar-refractivity contribution in [3.63, 3.8) is 0 Å². The lowest BCUT2D eigenvalue weighted by Crippen LogP contribution is -2.09. The number of nitrogens with zero attached hydrogens (tertiary/aromatic N) is 2. The number of aromatic nitrogens is 3. The fourth-order valence-corrected chi connectivity index (χ4v) is 2.94. The molecule has 134 valence electrons. The van der Waals surface area contributed by atoms with E-state index in [1.165, 1.54) is 12.3 Å². The average molecular weight is 360 g/mol. The molecule has 0 fully saturated rings. The zero-order chi connectivity index (χ0) is 19.0. The normalized spacial score (nSPS) is 10.9. The molecule has 0 bridgehead atoms. The van der Waals surface area contributed by atoms with Crippen LogP contribution in [0.15, 0.2) is 59.7 Å². The molecule has 5 nitrogen and oxygen atoms in total. The fraction of sp³-hybridized carbons (Fsp3) is 0.0952. The molecule has 0 aliphatic rings. The van der Waals surface area contributed by atoms with Crippen molar-refractivity contribution in [2.75, 3.05) is 5.32 Å². The van der Waals surface area contributed by atoms with Gasteiger partial charge in [-0.3, -0.25) is 4.79 Å². The number of hydrogen-bond acceptors (Lipinski definition) is 4. The molecule has 0 radical (unpaired) electrons. The molecule has 4 rings (SSSR count). The first-order valence-corrected chi connectivity index (χ1v) is 8.50. The maximum absolute atomic E-state index is 14.5. The Labute approximate surface area is 154 Å². The van der Waals surface area contributed by atoms with Crippen LogP contribution >= 0.6 is 0 Å². The van der Waals surface area contributed by atoms with Crippen LogP contribution in [0.5, 0.6) is 0 Å². The first-order chi connectivity index (χ1) is 13.0. The van der Waals surface area contributed by atoms with E-state index in [9.17, 15) is 9.18 Å². The van der Waals surface area contributed by atoms with Gasteiger partial charge in [-0.2, -0.15) is 0 Å². The van der Waals surface area contributed by atoms with Crippen molar-refractivity contribution in [2.24, 2.45) is 0 Å². The summed E-state index contributed by atoms with van der Waals surface area (Å²) in [5.41, 5.74) is 3.41. The number of H-pyrrole nitrogens is 1. The summed E-state index contributed by atoms with van der Waals surface area (Å²) in [6, 6.07) is 12.1. The fourth-order valence-electron chi connectivity index (χ4n) is 2.94. The third kappa shape index (κ3) is 3.29. The molecule has 4 aromatic rings. The molecule has 0 atom stereocenters. The van der Waals surface area contributed by atoms with Crippen molar-refractivity contribution in [1.82, 2.24) is 15.0 Å². The summed E-state index contributed by atoms with van der Waals surface area (Å²) in [5, 5.41) is 3.56. The highest BCUT2D eigenvalue weighted by Crippen LogP contribution is 2.29. The highest BCUT2D eigenvalue weighted by molar-refractivity contribution is 5.94. The van der Waals surface area contributed by atoms with Crippen LogP contribution in [-0.2, 0) is 0 Å². The standard InChI is InChI=1S/C21H17FN4O/c1-12-3-5-14(15(22)9-12)17-10-18(26-19-6-4-13(2)11-24-19)20-16(25-17)7-8-23-21(20)27/h3-11H,1-2H3,(H,23,27)(H,24,25,26). The van der Waals surface area contributed by atoms with Crippen molar-refractivity contribution in [3.05, 3.63) is 82.2 Å². The quantitative estimate of drug-likeness (QED) is 0.565. The highest BCUT2D eigenvalue weighted by Gasteiger charge is 2.14. The van der Waals surface area contributed by atoms with Gasteiger partial charge in [-0.25, -0.2) is 14.4 Å². The Morgan fingerprint density at radius 1 is 1.04 bits per heavy atom. The van der Waals surface area contributed by atoms with Crippen LogP contribution < -0.4 is 10.9 Å². The minimum Gasteiger partial charge on any atom is -0.339 e. The Morgan fingerprint density at radius 2 is 1.85 bits per heavy atom. The van der Waals surface area contributed by atoms with Gasteiger partial charge in [0, 0.05) is 18.0 Å². The second kappa shape index (κ2) is 6.64. The van der Waals surface area contributed by atoms with Crippen LogP contribution in [-0.4, -0.2) is 15.0 Å². The maximum atomic E-state index is 14.5. The number of benzene rings is 1. The summed E-state index contributed by atoms with van der Waals surface area (Å²) in [4.78, 5) is 23.8. The monoisotopic (exact) mass is 360 g/mol. The number of hydrogen-bond donors (Lipinski definition) is 2. The zero-order valence-corrected chi connectivity index (χ0v) is 14.9. The first kappa shape index (κ1) is 16.9. The van der Waals surface area contributed by atoms with Crippen molar-refractivity contribution < 1.29 is 4.39 Å². The number of anilines is 2. The van der Waals surface area contributed by atoms with E-state index in [0.29, 0.717) is 33.7 Å². The highest BCUT2D eigenvalue weighted by atomic mass is 19.1. The Balaban J connectivity index is 1.92. The minimum absolute atomic E-state index is 0.273. The predicted molar refractivity (Wildman–Crippen MR) is 105 cm³/mol. The average Bonchev–Trinajstić information content (AvgIpc) is 2.63. The number of pyridine rings is 3. The van der Waals surface area contributed by atoms with Gasteiger partial charge in [-0.05, 0) is 55.3 Å². The van der Waals surface area contributed by atoms with Crippen LogP contribution in [0.3, 0.4) is 0 Å². The summed E-state index contributed by atoms with van der Waals surface area (Å²) >= 11 is 0. The molecule has 0 unspecified atom stereocenters. The lowest BCUT2D eigenvalue weighted by molar-refractivity contribution is 0.629. The number of halogens is 1. The molecule has 0 saturated heterocycles. The van der Waals surface area contributed by atoms with Gasteiger partial charge < -0.3 is 10.3 Å². The van der Waals surface area contributed by atoms with Gasteiger partial charge in [0.25, 0.3) is 5.56 Å². The number of nitrogens with one attached hydrogen (secondary N) is 2. The van der Waals surface area contributed by atoms with Crippen molar-refractivity contribution in [3.8, 4) is 11.3 Å². The van der Waals surface area contributed by atoms with Crippen LogP contribution in [0, 0.1) is 19.7 Å². The molecule has 6 heteroatoms. The number of fused-ring (bicyclic) bond motifs is 1. The third-order valence-electron chi connectivity index (χ3n) is 4.30. The minimum atomic E-state index is -0.355. The molecule has 0 spiro atoms. The van der Waals surface area contributed by atoms with Gasteiger partial charge in [0.05, 0.1) is 22.3 Å². The molecule has 1 aromatic carbocycles. The molecule has 3 heterocycles. The zero-order valence-electron chi connectivity index (χ0n) is 14.9. The summed E-state index contributed by atoms with van der Waals surface area (Å²) in [6.07, 6.45) is 3.26. The van der Waals surface area contributed by atoms with Gasteiger partial charge >= 0.3 is 0 Å². The number of aromatic amines is 1. The van der Waals surface area contributed by atoms with Gasteiger partial charge in [-0.15, -0.1) is 0 Å². The van der Waals surface area contributed by atoms with Gasteiger partial charge in [0.15, 0.2) is 0 Å². The van der Waals surface area contributed by atoms with Crippen molar-refractivity contribution in [1.29, 1.82) is 0 Å².